The Bertz CT molecular complexity index is 675. The first-order valence-corrected chi connectivity index (χ1v) is 7.27. The number of rotatable bonds is 4. The van der Waals surface area contributed by atoms with Crippen LogP contribution in [0.3, 0.4) is 0 Å². The highest BCUT2D eigenvalue weighted by Gasteiger charge is 2.21. The van der Waals surface area contributed by atoms with Gasteiger partial charge in [-0.1, -0.05) is 0 Å². The number of carbonyl (C=O) groups is 2. The molecule has 8 heteroatoms. The summed E-state index contributed by atoms with van der Waals surface area (Å²) in [4.78, 5) is 36.0. The van der Waals surface area contributed by atoms with Crippen molar-refractivity contribution < 1.29 is 14.5 Å². The standard InChI is InChI=1S/C15H16N4O4/c16-5-4-14(20)17-12-8-11(9-13(10-12)19(22)23)15(21)18-6-2-1-3-7-18/h8-10H,1-4,6-7H2,(H,17,20). The maximum Gasteiger partial charge on any atom is 0.272 e. The Hall–Kier alpha value is -2.95. The zero-order chi connectivity index (χ0) is 16.8. The molecular weight excluding hydrogens is 300 g/mol. The van der Waals surface area contributed by atoms with Crippen LogP contribution in [0.2, 0.25) is 0 Å². The third kappa shape index (κ3) is 4.26. The van der Waals surface area contributed by atoms with Crippen molar-refractivity contribution in [3.05, 3.63) is 33.9 Å². The second-order valence-corrected chi connectivity index (χ2v) is 5.26. The number of hydrogen-bond acceptors (Lipinski definition) is 5. The van der Waals surface area contributed by atoms with E-state index in [4.69, 9.17) is 5.26 Å². The molecule has 0 atom stereocenters. The van der Waals surface area contributed by atoms with Crippen molar-refractivity contribution in [2.75, 3.05) is 18.4 Å². The van der Waals surface area contributed by atoms with E-state index in [1.165, 1.54) is 18.2 Å². The molecule has 0 bridgehead atoms. The Morgan fingerprint density at radius 2 is 1.96 bits per heavy atom. The number of anilines is 1. The van der Waals surface area contributed by atoms with E-state index in [-0.39, 0.29) is 29.3 Å². The van der Waals surface area contributed by atoms with E-state index in [0.717, 1.165) is 19.3 Å². The molecule has 2 amide bonds. The molecule has 1 saturated heterocycles. The van der Waals surface area contributed by atoms with Crippen molar-refractivity contribution in [2.24, 2.45) is 0 Å². The van der Waals surface area contributed by atoms with Crippen LogP contribution in [-0.2, 0) is 4.79 Å². The van der Waals surface area contributed by atoms with Crippen LogP contribution >= 0.6 is 0 Å². The number of likely N-dealkylation sites (tertiary alicyclic amines) is 1. The zero-order valence-electron chi connectivity index (χ0n) is 12.4. The highest BCUT2D eigenvalue weighted by atomic mass is 16.6. The number of non-ortho nitro benzene ring substituents is 1. The molecule has 1 aliphatic heterocycles. The van der Waals surface area contributed by atoms with Gasteiger partial charge in [0.05, 0.1) is 11.0 Å². The van der Waals surface area contributed by atoms with Gasteiger partial charge >= 0.3 is 0 Å². The maximum atomic E-state index is 12.5. The van der Waals surface area contributed by atoms with Crippen molar-refractivity contribution in [3.63, 3.8) is 0 Å². The highest BCUT2D eigenvalue weighted by molar-refractivity contribution is 5.98. The summed E-state index contributed by atoms with van der Waals surface area (Å²) in [6.45, 7) is 1.25. The third-order valence-corrected chi connectivity index (χ3v) is 3.54. The van der Waals surface area contributed by atoms with Gasteiger partial charge in [-0.2, -0.15) is 5.26 Å². The van der Waals surface area contributed by atoms with E-state index < -0.39 is 10.8 Å². The second-order valence-electron chi connectivity index (χ2n) is 5.26. The van der Waals surface area contributed by atoms with Crippen molar-refractivity contribution in [3.8, 4) is 6.07 Å². The summed E-state index contributed by atoms with van der Waals surface area (Å²) >= 11 is 0. The Balaban J connectivity index is 2.28. The van der Waals surface area contributed by atoms with Gasteiger partial charge in [-0.25, -0.2) is 0 Å². The molecule has 1 heterocycles. The minimum atomic E-state index is -0.618. The molecule has 8 nitrogen and oxygen atoms in total. The van der Waals surface area contributed by atoms with Gasteiger partial charge < -0.3 is 10.2 Å². The lowest BCUT2D eigenvalue weighted by molar-refractivity contribution is -0.384. The fourth-order valence-corrected chi connectivity index (χ4v) is 2.47. The molecule has 0 aliphatic carbocycles. The van der Waals surface area contributed by atoms with Gasteiger partial charge in [-0.05, 0) is 25.3 Å². The molecule has 1 aromatic rings. The van der Waals surface area contributed by atoms with E-state index >= 15 is 0 Å². The number of hydrogen-bond donors (Lipinski definition) is 1. The van der Waals surface area contributed by atoms with Crippen LogP contribution in [0.4, 0.5) is 11.4 Å². The third-order valence-electron chi connectivity index (χ3n) is 3.54. The van der Waals surface area contributed by atoms with E-state index in [0.29, 0.717) is 13.1 Å². The molecule has 0 saturated carbocycles. The van der Waals surface area contributed by atoms with Gasteiger partial charge in [-0.15, -0.1) is 0 Å². The topological polar surface area (TPSA) is 116 Å². The molecule has 1 N–H and O–H groups in total. The number of nitro benzene ring substituents is 1. The second kappa shape index (κ2) is 7.35. The number of nitrogens with one attached hydrogen (secondary N) is 1. The summed E-state index contributed by atoms with van der Waals surface area (Å²) < 4.78 is 0. The number of amides is 2. The number of piperidine rings is 1. The number of nitrogens with zero attached hydrogens (tertiary/aromatic N) is 3. The molecule has 0 radical (unpaired) electrons. The summed E-state index contributed by atoms with van der Waals surface area (Å²) in [5, 5.41) is 21.9. The van der Waals surface area contributed by atoms with E-state index in [9.17, 15) is 19.7 Å². The smallest absolute Gasteiger partial charge is 0.272 e. The van der Waals surface area contributed by atoms with Crippen molar-refractivity contribution in [2.45, 2.75) is 25.7 Å². The van der Waals surface area contributed by atoms with Gasteiger partial charge in [0.15, 0.2) is 0 Å². The first kappa shape index (κ1) is 16.4. The monoisotopic (exact) mass is 316 g/mol. The lowest BCUT2D eigenvalue weighted by Crippen LogP contribution is -2.35. The zero-order valence-corrected chi connectivity index (χ0v) is 12.4. The Labute approximate surface area is 132 Å². The van der Waals surface area contributed by atoms with Crippen LogP contribution in [0.5, 0.6) is 0 Å². The van der Waals surface area contributed by atoms with Crippen molar-refractivity contribution in [1.29, 1.82) is 5.26 Å². The van der Waals surface area contributed by atoms with Crippen molar-refractivity contribution in [1.82, 2.24) is 4.90 Å². The largest absolute Gasteiger partial charge is 0.339 e. The fraction of sp³-hybridized carbons (Fsp3) is 0.400. The number of carbonyl (C=O) groups excluding carboxylic acids is 2. The molecule has 23 heavy (non-hydrogen) atoms. The van der Waals surface area contributed by atoms with Crippen LogP contribution in [0.15, 0.2) is 18.2 Å². The van der Waals surface area contributed by atoms with Crippen LogP contribution in [-0.4, -0.2) is 34.7 Å². The minimum Gasteiger partial charge on any atom is -0.339 e. The van der Waals surface area contributed by atoms with Gasteiger partial charge in [0.1, 0.15) is 6.42 Å². The number of nitro groups is 1. The van der Waals surface area contributed by atoms with Gasteiger partial charge in [-0.3, -0.25) is 19.7 Å². The van der Waals surface area contributed by atoms with Gasteiger partial charge in [0.2, 0.25) is 5.91 Å². The number of nitriles is 1. The Kier molecular flexibility index (Phi) is 5.25. The summed E-state index contributed by atoms with van der Waals surface area (Å²) in [6, 6.07) is 5.47. The predicted octanol–water partition coefficient (Wildman–Crippen LogP) is 2.07. The minimum absolute atomic E-state index is 0.139. The predicted molar refractivity (Wildman–Crippen MR) is 81.7 cm³/mol. The fourth-order valence-electron chi connectivity index (χ4n) is 2.47. The summed E-state index contributed by atoms with van der Waals surface area (Å²) in [5.74, 6) is -0.867. The highest BCUT2D eigenvalue weighted by Crippen LogP contribution is 2.23. The molecule has 1 aromatic carbocycles. The maximum absolute atomic E-state index is 12.5. The Morgan fingerprint density at radius 3 is 2.57 bits per heavy atom. The first-order valence-electron chi connectivity index (χ1n) is 7.27. The van der Waals surface area contributed by atoms with E-state index in [1.54, 1.807) is 11.0 Å². The van der Waals surface area contributed by atoms with Crippen LogP contribution in [0.1, 0.15) is 36.0 Å². The summed E-state index contributed by atoms with van der Waals surface area (Å²) in [7, 11) is 0. The number of benzene rings is 1. The average Bonchev–Trinajstić information content (AvgIpc) is 2.54. The molecule has 0 unspecified atom stereocenters. The normalized spacial score (nSPS) is 14.0. The lowest BCUT2D eigenvalue weighted by atomic mass is 10.1. The molecule has 0 aromatic heterocycles. The van der Waals surface area contributed by atoms with Crippen LogP contribution < -0.4 is 5.32 Å². The first-order chi connectivity index (χ1) is 11.0. The lowest BCUT2D eigenvalue weighted by Gasteiger charge is -2.26. The molecular formula is C15H16N4O4. The summed E-state index contributed by atoms with van der Waals surface area (Å²) in [6.07, 6.45) is 2.52. The molecule has 1 fully saturated rings. The Morgan fingerprint density at radius 1 is 1.26 bits per heavy atom. The molecule has 2 rings (SSSR count). The van der Waals surface area contributed by atoms with Crippen LogP contribution in [0, 0.1) is 21.4 Å². The molecule has 1 aliphatic rings. The average molecular weight is 316 g/mol. The molecule has 120 valence electrons. The van der Waals surface area contributed by atoms with Gasteiger partial charge in [0.25, 0.3) is 11.6 Å². The van der Waals surface area contributed by atoms with Crippen LogP contribution in [0.25, 0.3) is 0 Å². The SMILES string of the molecule is N#CCC(=O)Nc1cc(C(=O)N2CCCCC2)cc([N+](=O)[O-])c1. The van der Waals surface area contributed by atoms with Crippen molar-refractivity contribution >= 4 is 23.2 Å². The molecule has 0 spiro atoms. The van der Waals surface area contributed by atoms with E-state index in [2.05, 4.69) is 5.32 Å². The summed E-state index contributed by atoms with van der Waals surface area (Å²) in [5.41, 5.74) is 0.0216. The van der Waals surface area contributed by atoms with Gasteiger partial charge in [0, 0.05) is 36.5 Å². The quantitative estimate of drug-likeness (QED) is 0.674. The van der Waals surface area contributed by atoms with E-state index in [1.807, 2.05) is 0 Å².